The summed E-state index contributed by atoms with van der Waals surface area (Å²) in [6, 6.07) is 9.28. The Bertz CT molecular complexity index is 500. The third-order valence-corrected chi connectivity index (χ3v) is 4.22. The van der Waals surface area contributed by atoms with Crippen LogP contribution in [0.1, 0.15) is 27.7 Å². The lowest BCUT2D eigenvalue weighted by molar-refractivity contribution is -0.124. The minimum Gasteiger partial charge on any atom is -0.343 e. The smallest absolute Gasteiger partial charge is 0.237 e. The Labute approximate surface area is 132 Å². The number of anilines is 1. The first kappa shape index (κ1) is 17.6. The Morgan fingerprint density at radius 1 is 1.29 bits per heavy atom. The number of para-hydroxylation sites is 1. The molecule has 0 aliphatic carbocycles. The number of likely N-dealkylation sites (N-methyl/N-ethyl adjacent to an activating group) is 1. The number of rotatable bonds is 5. The summed E-state index contributed by atoms with van der Waals surface area (Å²) < 4.78 is 0. The molecule has 0 saturated heterocycles. The number of nitrogens with zero attached hydrogens (tertiary/aromatic N) is 1. The van der Waals surface area contributed by atoms with E-state index < -0.39 is 11.6 Å². The molecule has 0 saturated carbocycles. The second kappa shape index (κ2) is 7.00. The van der Waals surface area contributed by atoms with Crippen molar-refractivity contribution in [2.75, 3.05) is 11.9 Å². The number of benzene rings is 1. The van der Waals surface area contributed by atoms with E-state index >= 15 is 0 Å². The van der Waals surface area contributed by atoms with Crippen LogP contribution in [-0.4, -0.2) is 29.5 Å². The molecule has 0 radical (unpaired) electrons. The van der Waals surface area contributed by atoms with E-state index in [9.17, 15) is 4.79 Å². The number of carbonyl (C=O) groups is 1. The Morgan fingerprint density at radius 2 is 1.81 bits per heavy atom. The van der Waals surface area contributed by atoms with Gasteiger partial charge in [0.15, 0.2) is 0 Å². The van der Waals surface area contributed by atoms with Crippen LogP contribution in [0, 0.1) is 5.92 Å². The summed E-state index contributed by atoms with van der Waals surface area (Å²) >= 11 is 5.54. The SMILES string of the molecule is CC(C)[C@H](N)C(=O)NC(C)(C)C(=S)N(C)c1ccccc1. The van der Waals surface area contributed by atoms with Gasteiger partial charge in [0.05, 0.1) is 11.6 Å². The van der Waals surface area contributed by atoms with E-state index in [0.717, 1.165) is 5.69 Å². The first-order valence-electron chi connectivity index (χ1n) is 7.07. The van der Waals surface area contributed by atoms with E-state index in [4.69, 9.17) is 18.0 Å². The quantitative estimate of drug-likeness (QED) is 0.820. The minimum absolute atomic E-state index is 0.0845. The second-order valence-corrected chi connectivity index (χ2v) is 6.47. The number of amides is 1. The van der Waals surface area contributed by atoms with Crippen LogP contribution in [0.4, 0.5) is 5.69 Å². The molecule has 1 atom stereocenters. The van der Waals surface area contributed by atoms with E-state index in [1.165, 1.54) is 0 Å². The molecule has 0 fully saturated rings. The van der Waals surface area contributed by atoms with Crippen LogP contribution in [0.15, 0.2) is 30.3 Å². The van der Waals surface area contributed by atoms with Gasteiger partial charge >= 0.3 is 0 Å². The van der Waals surface area contributed by atoms with Gasteiger partial charge in [0.25, 0.3) is 0 Å². The van der Waals surface area contributed by atoms with Crippen LogP contribution < -0.4 is 16.0 Å². The highest BCUT2D eigenvalue weighted by Crippen LogP contribution is 2.18. The lowest BCUT2D eigenvalue weighted by Gasteiger charge is -2.34. The highest BCUT2D eigenvalue weighted by molar-refractivity contribution is 7.80. The van der Waals surface area contributed by atoms with Crippen LogP contribution >= 0.6 is 12.2 Å². The van der Waals surface area contributed by atoms with E-state index in [1.54, 1.807) is 0 Å². The van der Waals surface area contributed by atoms with E-state index in [-0.39, 0.29) is 11.8 Å². The molecule has 0 aromatic heterocycles. The fourth-order valence-corrected chi connectivity index (χ4v) is 2.09. The Morgan fingerprint density at radius 3 is 2.29 bits per heavy atom. The third-order valence-electron chi connectivity index (χ3n) is 3.44. The van der Waals surface area contributed by atoms with Crippen molar-refractivity contribution in [2.24, 2.45) is 11.7 Å². The van der Waals surface area contributed by atoms with Gasteiger partial charge in [-0.2, -0.15) is 0 Å². The van der Waals surface area contributed by atoms with Crippen molar-refractivity contribution in [3.63, 3.8) is 0 Å². The lowest BCUT2D eigenvalue weighted by Crippen LogP contribution is -2.58. The summed E-state index contributed by atoms with van der Waals surface area (Å²) in [5.41, 5.74) is 6.22. The number of carbonyl (C=O) groups excluding carboxylic acids is 1. The summed E-state index contributed by atoms with van der Waals surface area (Å²) in [4.78, 5) is 14.7. The summed E-state index contributed by atoms with van der Waals surface area (Å²) in [6.45, 7) is 7.62. The Hall–Kier alpha value is -1.46. The summed E-state index contributed by atoms with van der Waals surface area (Å²) in [5, 5.41) is 2.94. The molecule has 1 aromatic carbocycles. The van der Waals surface area contributed by atoms with E-state index in [1.807, 2.05) is 70.0 Å². The monoisotopic (exact) mass is 307 g/mol. The maximum Gasteiger partial charge on any atom is 0.237 e. The molecule has 0 unspecified atom stereocenters. The predicted molar refractivity (Wildman–Crippen MR) is 92.5 cm³/mol. The van der Waals surface area contributed by atoms with Crippen molar-refractivity contribution in [2.45, 2.75) is 39.3 Å². The van der Waals surface area contributed by atoms with Gasteiger partial charge in [0.1, 0.15) is 4.99 Å². The van der Waals surface area contributed by atoms with Gasteiger partial charge in [-0.3, -0.25) is 4.79 Å². The fourth-order valence-electron chi connectivity index (χ4n) is 1.94. The summed E-state index contributed by atoms with van der Waals surface area (Å²) in [7, 11) is 1.90. The Kier molecular flexibility index (Phi) is 5.87. The van der Waals surface area contributed by atoms with Gasteiger partial charge in [-0.15, -0.1) is 0 Å². The van der Waals surface area contributed by atoms with Crippen molar-refractivity contribution in [3.8, 4) is 0 Å². The van der Waals surface area contributed by atoms with Gasteiger partial charge in [-0.25, -0.2) is 0 Å². The molecule has 0 spiro atoms. The predicted octanol–water partition coefficient (Wildman–Crippen LogP) is 2.33. The van der Waals surface area contributed by atoms with Crippen molar-refractivity contribution >= 4 is 28.8 Å². The first-order valence-corrected chi connectivity index (χ1v) is 7.48. The zero-order chi connectivity index (χ0) is 16.2. The lowest BCUT2D eigenvalue weighted by atomic mass is 10.00. The molecule has 5 heteroatoms. The zero-order valence-electron chi connectivity index (χ0n) is 13.4. The van der Waals surface area contributed by atoms with Crippen molar-refractivity contribution in [1.29, 1.82) is 0 Å². The van der Waals surface area contributed by atoms with Crippen molar-refractivity contribution in [1.82, 2.24) is 5.32 Å². The maximum atomic E-state index is 12.1. The first-order chi connectivity index (χ1) is 9.66. The Balaban J connectivity index is 2.82. The molecule has 0 aliphatic heterocycles. The number of hydrogen-bond donors (Lipinski definition) is 2. The molecule has 4 nitrogen and oxygen atoms in total. The molecule has 21 heavy (non-hydrogen) atoms. The summed E-state index contributed by atoms with van der Waals surface area (Å²) in [5.74, 6) is -0.0972. The zero-order valence-corrected chi connectivity index (χ0v) is 14.2. The number of nitrogens with one attached hydrogen (secondary N) is 1. The molecule has 3 N–H and O–H groups in total. The number of thiocarbonyl (C=S) groups is 1. The molecule has 1 rings (SSSR count). The normalized spacial score (nSPS) is 12.9. The highest BCUT2D eigenvalue weighted by atomic mass is 32.1. The molecule has 1 amide bonds. The van der Waals surface area contributed by atoms with Gasteiger partial charge in [-0.05, 0) is 31.9 Å². The van der Waals surface area contributed by atoms with Gasteiger partial charge < -0.3 is 16.0 Å². The molecular formula is C16H25N3OS. The third kappa shape index (κ3) is 4.51. The van der Waals surface area contributed by atoms with Crippen molar-refractivity contribution < 1.29 is 4.79 Å². The molecule has 0 heterocycles. The van der Waals surface area contributed by atoms with Gasteiger partial charge in [0.2, 0.25) is 5.91 Å². The fraction of sp³-hybridized carbons (Fsp3) is 0.500. The topological polar surface area (TPSA) is 58.4 Å². The molecule has 0 aliphatic rings. The molecule has 1 aromatic rings. The molecule has 0 bridgehead atoms. The van der Waals surface area contributed by atoms with Crippen LogP contribution in [0.5, 0.6) is 0 Å². The van der Waals surface area contributed by atoms with E-state index in [0.29, 0.717) is 4.99 Å². The number of hydrogen-bond acceptors (Lipinski definition) is 3. The molecule has 116 valence electrons. The second-order valence-electron chi connectivity index (χ2n) is 6.08. The van der Waals surface area contributed by atoms with Crippen LogP contribution in [0.25, 0.3) is 0 Å². The minimum atomic E-state index is -0.649. The average Bonchev–Trinajstić information content (AvgIpc) is 2.45. The molecular weight excluding hydrogens is 282 g/mol. The number of nitrogens with two attached hydrogens (primary N) is 1. The summed E-state index contributed by atoms with van der Waals surface area (Å²) in [6.07, 6.45) is 0. The van der Waals surface area contributed by atoms with Crippen molar-refractivity contribution in [3.05, 3.63) is 30.3 Å². The van der Waals surface area contributed by atoms with Crippen LogP contribution in [0.3, 0.4) is 0 Å². The van der Waals surface area contributed by atoms with Crippen LogP contribution in [-0.2, 0) is 4.79 Å². The average molecular weight is 307 g/mol. The standard InChI is InChI=1S/C16H25N3OS/c1-11(2)13(17)14(20)18-16(3,4)15(21)19(5)12-9-7-6-8-10-12/h6-11,13H,17H2,1-5H3,(H,18,20)/t13-/m0/s1. The maximum absolute atomic E-state index is 12.1. The highest BCUT2D eigenvalue weighted by Gasteiger charge is 2.31. The largest absolute Gasteiger partial charge is 0.343 e. The van der Waals surface area contributed by atoms with E-state index in [2.05, 4.69) is 5.32 Å². The van der Waals surface area contributed by atoms with Crippen LogP contribution in [0.2, 0.25) is 0 Å². The van der Waals surface area contributed by atoms with Gasteiger partial charge in [-0.1, -0.05) is 44.3 Å². The van der Waals surface area contributed by atoms with Gasteiger partial charge in [0, 0.05) is 12.7 Å².